The van der Waals surface area contributed by atoms with Crippen molar-refractivity contribution >= 4 is 5.97 Å². The molecule has 4 heteroatoms. The highest BCUT2D eigenvalue weighted by atomic mass is 16.5. The second-order valence-corrected chi connectivity index (χ2v) is 7.79. The number of rotatable bonds is 13. The fourth-order valence-electron chi connectivity index (χ4n) is 3.46. The molecule has 3 rings (SSSR count). The predicted octanol–water partition coefficient (Wildman–Crippen LogP) is 6.08. The molecule has 3 aromatic carbocycles. The maximum Gasteiger partial charge on any atom is 0.303 e. The summed E-state index contributed by atoms with van der Waals surface area (Å²) in [5.41, 5.74) is 3.71. The van der Waals surface area contributed by atoms with Gasteiger partial charge in [-0.05, 0) is 47.9 Å². The first-order valence-corrected chi connectivity index (χ1v) is 11.1. The van der Waals surface area contributed by atoms with E-state index in [1.807, 2.05) is 36.4 Å². The van der Waals surface area contributed by atoms with Crippen molar-refractivity contribution in [2.24, 2.45) is 0 Å². The molecule has 4 nitrogen and oxygen atoms in total. The van der Waals surface area contributed by atoms with Gasteiger partial charge in [-0.1, -0.05) is 78.9 Å². The predicted molar refractivity (Wildman–Crippen MR) is 128 cm³/mol. The van der Waals surface area contributed by atoms with Gasteiger partial charge in [0.1, 0.15) is 5.75 Å². The molecule has 0 aliphatic carbocycles. The smallest absolute Gasteiger partial charge is 0.303 e. The van der Waals surface area contributed by atoms with Crippen molar-refractivity contribution in [2.45, 2.75) is 38.8 Å². The minimum Gasteiger partial charge on any atom is -0.493 e. The lowest BCUT2D eigenvalue weighted by molar-refractivity contribution is -0.137. The molecular weight excluding hydrogens is 398 g/mol. The molecule has 0 fully saturated rings. The fraction of sp³-hybridized carbons (Fsp3) is 0.250. The Labute approximate surface area is 190 Å². The maximum atomic E-state index is 10.6. The first-order valence-electron chi connectivity index (χ1n) is 11.1. The Morgan fingerprint density at radius 1 is 0.812 bits per heavy atom. The summed E-state index contributed by atoms with van der Waals surface area (Å²) in [6.07, 6.45) is 6.77. The van der Waals surface area contributed by atoms with Crippen LogP contribution in [0.15, 0.2) is 97.2 Å². The third-order valence-corrected chi connectivity index (χ3v) is 5.11. The molecule has 32 heavy (non-hydrogen) atoms. The lowest BCUT2D eigenvalue weighted by Gasteiger charge is -2.21. The summed E-state index contributed by atoms with van der Waals surface area (Å²) in [5, 5.41) is 8.73. The summed E-state index contributed by atoms with van der Waals surface area (Å²) >= 11 is 0. The Bertz CT molecular complexity index is 911. The Balaban J connectivity index is 1.46. The molecule has 0 aliphatic heterocycles. The van der Waals surface area contributed by atoms with Crippen molar-refractivity contribution in [1.82, 2.24) is 4.90 Å². The fourth-order valence-corrected chi connectivity index (χ4v) is 3.46. The standard InChI is InChI=1S/C28H31NO3/c30-28(31)15-9-14-24-16-18-27(19-17-24)32-21-8-7-20-29(22-25-10-3-1-4-11-25)23-26-12-5-2-6-13-26/h1-7,10-13,16-20H,8-9,14-15,21-23H2,(H,30,31)/b20-7+. The molecule has 0 radical (unpaired) electrons. The third kappa shape index (κ3) is 8.68. The van der Waals surface area contributed by atoms with Crippen LogP contribution in [-0.2, 0) is 24.3 Å². The zero-order valence-corrected chi connectivity index (χ0v) is 18.4. The molecule has 0 saturated heterocycles. The summed E-state index contributed by atoms with van der Waals surface area (Å²) in [6, 6.07) is 28.9. The van der Waals surface area contributed by atoms with Crippen LogP contribution in [0, 0.1) is 0 Å². The van der Waals surface area contributed by atoms with E-state index in [0.717, 1.165) is 37.2 Å². The SMILES string of the molecule is O=C(O)CCCc1ccc(OCC/C=C/N(Cc2ccccc2)Cc2ccccc2)cc1. The molecule has 0 spiro atoms. The zero-order valence-electron chi connectivity index (χ0n) is 18.4. The highest BCUT2D eigenvalue weighted by Gasteiger charge is 2.03. The Kier molecular flexibility index (Phi) is 9.40. The van der Waals surface area contributed by atoms with E-state index in [1.165, 1.54) is 11.1 Å². The second-order valence-electron chi connectivity index (χ2n) is 7.79. The summed E-state index contributed by atoms with van der Waals surface area (Å²) in [6.45, 7) is 2.33. The number of aryl methyl sites for hydroxylation is 1. The van der Waals surface area contributed by atoms with Gasteiger partial charge in [0.2, 0.25) is 0 Å². The van der Waals surface area contributed by atoms with E-state index in [1.54, 1.807) is 0 Å². The van der Waals surface area contributed by atoms with Crippen molar-refractivity contribution < 1.29 is 14.6 Å². The first kappa shape index (κ1) is 23.1. The summed E-state index contributed by atoms with van der Waals surface area (Å²) in [4.78, 5) is 12.9. The monoisotopic (exact) mass is 429 g/mol. The average Bonchev–Trinajstić information content (AvgIpc) is 2.81. The van der Waals surface area contributed by atoms with Gasteiger partial charge in [-0.3, -0.25) is 4.79 Å². The third-order valence-electron chi connectivity index (χ3n) is 5.11. The van der Waals surface area contributed by atoms with Gasteiger partial charge in [0.15, 0.2) is 0 Å². The van der Waals surface area contributed by atoms with Crippen molar-refractivity contribution in [2.75, 3.05) is 6.61 Å². The highest BCUT2D eigenvalue weighted by Crippen LogP contribution is 2.15. The molecule has 1 N–H and O–H groups in total. The quantitative estimate of drug-likeness (QED) is 0.335. The molecule has 0 aromatic heterocycles. The molecule has 3 aromatic rings. The molecule has 0 aliphatic rings. The van der Waals surface area contributed by atoms with Gasteiger partial charge in [-0.25, -0.2) is 0 Å². The minimum absolute atomic E-state index is 0.205. The topological polar surface area (TPSA) is 49.8 Å². The first-order chi connectivity index (χ1) is 15.7. The van der Waals surface area contributed by atoms with E-state index in [4.69, 9.17) is 9.84 Å². The van der Waals surface area contributed by atoms with Gasteiger partial charge in [0.05, 0.1) is 6.61 Å². The van der Waals surface area contributed by atoms with Gasteiger partial charge < -0.3 is 14.7 Å². The summed E-state index contributed by atoms with van der Waals surface area (Å²) < 4.78 is 5.86. The number of nitrogens with zero attached hydrogens (tertiary/aromatic N) is 1. The van der Waals surface area contributed by atoms with Gasteiger partial charge in [0.25, 0.3) is 0 Å². The van der Waals surface area contributed by atoms with E-state index in [9.17, 15) is 4.79 Å². The molecule has 0 heterocycles. The Morgan fingerprint density at radius 2 is 1.41 bits per heavy atom. The number of carbonyl (C=O) groups is 1. The number of aliphatic carboxylic acids is 1. The van der Waals surface area contributed by atoms with E-state index in [-0.39, 0.29) is 6.42 Å². The molecule has 0 unspecified atom stereocenters. The number of hydrogen-bond acceptors (Lipinski definition) is 3. The lowest BCUT2D eigenvalue weighted by atomic mass is 10.1. The van der Waals surface area contributed by atoms with Gasteiger partial charge in [-0.15, -0.1) is 0 Å². The summed E-state index contributed by atoms with van der Waals surface area (Å²) in [7, 11) is 0. The van der Waals surface area contributed by atoms with Crippen LogP contribution in [0.4, 0.5) is 0 Å². The van der Waals surface area contributed by atoms with Crippen LogP contribution < -0.4 is 4.74 Å². The van der Waals surface area contributed by atoms with Gasteiger partial charge in [0, 0.05) is 25.9 Å². The number of hydrogen-bond donors (Lipinski definition) is 1. The largest absolute Gasteiger partial charge is 0.493 e. The van der Waals surface area contributed by atoms with Crippen LogP contribution in [0.1, 0.15) is 36.0 Å². The lowest BCUT2D eigenvalue weighted by Crippen LogP contribution is -2.16. The highest BCUT2D eigenvalue weighted by molar-refractivity contribution is 5.66. The average molecular weight is 430 g/mol. The van der Waals surface area contributed by atoms with E-state index < -0.39 is 5.97 Å². The number of carboxylic acid groups (broad SMARTS) is 1. The molecule has 166 valence electrons. The number of benzene rings is 3. The van der Waals surface area contributed by atoms with Crippen LogP contribution in [0.5, 0.6) is 5.75 Å². The number of carboxylic acids is 1. The van der Waals surface area contributed by atoms with Gasteiger partial charge in [-0.2, -0.15) is 0 Å². The van der Waals surface area contributed by atoms with Crippen molar-refractivity contribution in [3.63, 3.8) is 0 Å². The maximum absolute atomic E-state index is 10.6. The Morgan fingerprint density at radius 3 is 1.97 bits per heavy atom. The van der Waals surface area contributed by atoms with Crippen molar-refractivity contribution in [3.8, 4) is 5.75 Å². The van der Waals surface area contributed by atoms with E-state index in [0.29, 0.717) is 13.0 Å². The van der Waals surface area contributed by atoms with Crippen LogP contribution in [0.3, 0.4) is 0 Å². The van der Waals surface area contributed by atoms with Gasteiger partial charge >= 0.3 is 5.97 Å². The molecule has 0 amide bonds. The molecule has 0 saturated carbocycles. The van der Waals surface area contributed by atoms with Crippen molar-refractivity contribution in [1.29, 1.82) is 0 Å². The summed E-state index contributed by atoms with van der Waals surface area (Å²) in [5.74, 6) is 0.0925. The number of ether oxygens (including phenoxy) is 1. The molecular formula is C28H31NO3. The van der Waals surface area contributed by atoms with Crippen LogP contribution >= 0.6 is 0 Å². The molecule has 0 bridgehead atoms. The normalized spacial score (nSPS) is 10.9. The van der Waals surface area contributed by atoms with Crippen molar-refractivity contribution in [3.05, 3.63) is 114 Å². The molecule has 0 atom stereocenters. The van der Waals surface area contributed by atoms with Crippen LogP contribution in [0.25, 0.3) is 0 Å². The second kappa shape index (κ2) is 13.0. The van der Waals surface area contributed by atoms with Crippen LogP contribution in [-0.4, -0.2) is 22.6 Å². The van der Waals surface area contributed by atoms with E-state index in [2.05, 4.69) is 65.7 Å². The van der Waals surface area contributed by atoms with E-state index >= 15 is 0 Å². The Hall–Kier alpha value is -3.53. The minimum atomic E-state index is -0.746. The zero-order chi connectivity index (χ0) is 22.4. The van der Waals surface area contributed by atoms with Crippen LogP contribution in [0.2, 0.25) is 0 Å².